The molecule has 0 saturated carbocycles. The van der Waals surface area contributed by atoms with Gasteiger partial charge >= 0.3 is 12.0 Å². The van der Waals surface area contributed by atoms with Crippen LogP contribution < -0.4 is 0 Å². The molecule has 108 valence electrons. The molecule has 0 radical (unpaired) electrons. The number of likely N-dealkylation sites (tertiary alicyclic amines) is 1. The van der Waals surface area contributed by atoms with Crippen LogP contribution in [0.5, 0.6) is 0 Å². The van der Waals surface area contributed by atoms with Crippen LogP contribution in [0.15, 0.2) is 0 Å². The number of thioether (sulfide) groups is 1. The van der Waals surface area contributed by atoms with E-state index in [1.807, 2.05) is 16.7 Å². The Hall–Kier alpha value is -0.910. The van der Waals surface area contributed by atoms with E-state index in [9.17, 15) is 14.7 Å². The zero-order valence-electron chi connectivity index (χ0n) is 11.6. The molecule has 2 atom stereocenters. The van der Waals surface area contributed by atoms with E-state index in [1.165, 1.54) is 0 Å². The fraction of sp³-hybridized carbons (Fsp3) is 0.846. The van der Waals surface area contributed by atoms with Crippen molar-refractivity contribution in [2.24, 2.45) is 5.41 Å². The monoisotopic (exact) mass is 286 g/mol. The van der Waals surface area contributed by atoms with E-state index in [0.29, 0.717) is 24.8 Å². The lowest BCUT2D eigenvalue weighted by Gasteiger charge is -2.35. The molecule has 0 spiro atoms. The van der Waals surface area contributed by atoms with Gasteiger partial charge in [-0.1, -0.05) is 6.92 Å². The number of aliphatic carboxylic acids is 1. The summed E-state index contributed by atoms with van der Waals surface area (Å²) in [5.74, 6) is 0.178. The van der Waals surface area contributed by atoms with Gasteiger partial charge in [-0.25, -0.2) is 4.79 Å². The summed E-state index contributed by atoms with van der Waals surface area (Å²) in [6.45, 7) is 6.33. The lowest BCUT2D eigenvalue weighted by Crippen LogP contribution is -2.48. The molecule has 2 rings (SSSR count). The van der Waals surface area contributed by atoms with Crippen molar-refractivity contribution in [1.82, 2.24) is 9.80 Å². The maximum Gasteiger partial charge on any atom is 0.320 e. The third-order valence-corrected chi connectivity index (χ3v) is 5.50. The van der Waals surface area contributed by atoms with Gasteiger partial charge in [-0.2, -0.15) is 11.8 Å². The zero-order chi connectivity index (χ0) is 14.0. The molecule has 0 bridgehead atoms. The number of carboxylic acids is 1. The van der Waals surface area contributed by atoms with E-state index in [0.717, 1.165) is 25.3 Å². The highest BCUT2D eigenvalue weighted by atomic mass is 32.2. The lowest BCUT2D eigenvalue weighted by atomic mass is 9.90. The fourth-order valence-electron chi connectivity index (χ4n) is 2.64. The van der Waals surface area contributed by atoms with E-state index in [-0.39, 0.29) is 6.03 Å². The Kier molecular flexibility index (Phi) is 4.28. The van der Waals surface area contributed by atoms with Crippen LogP contribution in [0.2, 0.25) is 0 Å². The van der Waals surface area contributed by atoms with Crippen molar-refractivity contribution in [3.05, 3.63) is 0 Å². The number of carboxylic acid groups (broad SMARTS) is 1. The standard InChI is InChI=1S/C13H22N2O3S/c1-3-10-8-14(6-7-19-10)12(18)15-5-4-13(2,9-15)11(16)17/h10H,3-9H2,1-2H3,(H,16,17). The van der Waals surface area contributed by atoms with Crippen LogP contribution in [0.4, 0.5) is 4.79 Å². The molecule has 2 heterocycles. The molecule has 2 unspecified atom stereocenters. The fourth-order valence-corrected chi connectivity index (χ4v) is 3.82. The highest BCUT2D eigenvalue weighted by Crippen LogP contribution is 2.31. The van der Waals surface area contributed by atoms with Gasteiger partial charge in [0.2, 0.25) is 0 Å². The molecule has 2 saturated heterocycles. The van der Waals surface area contributed by atoms with E-state index in [2.05, 4.69) is 6.92 Å². The van der Waals surface area contributed by atoms with Gasteiger partial charge < -0.3 is 14.9 Å². The molecule has 0 aromatic heterocycles. The molecule has 5 nitrogen and oxygen atoms in total. The van der Waals surface area contributed by atoms with Crippen LogP contribution >= 0.6 is 11.8 Å². The van der Waals surface area contributed by atoms with E-state index < -0.39 is 11.4 Å². The van der Waals surface area contributed by atoms with Gasteiger partial charge in [-0.3, -0.25) is 4.79 Å². The van der Waals surface area contributed by atoms with Crippen molar-refractivity contribution in [3.63, 3.8) is 0 Å². The van der Waals surface area contributed by atoms with Crippen LogP contribution in [-0.4, -0.2) is 64.1 Å². The Bertz CT molecular complexity index is 377. The van der Waals surface area contributed by atoms with Gasteiger partial charge in [-0.05, 0) is 19.8 Å². The smallest absolute Gasteiger partial charge is 0.320 e. The quantitative estimate of drug-likeness (QED) is 0.840. The first-order valence-electron chi connectivity index (χ1n) is 6.85. The van der Waals surface area contributed by atoms with Gasteiger partial charge in [0.05, 0.1) is 5.41 Å². The summed E-state index contributed by atoms with van der Waals surface area (Å²) in [7, 11) is 0. The van der Waals surface area contributed by atoms with Crippen LogP contribution in [-0.2, 0) is 4.79 Å². The molecular weight excluding hydrogens is 264 g/mol. The predicted molar refractivity (Wildman–Crippen MR) is 75.4 cm³/mol. The van der Waals surface area contributed by atoms with E-state index in [1.54, 1.807) is 11.8 Å². The topological polar surface area (TPSA) is 60.9 Å². The van der Waals surface area contributed by atoms with Crippen molar-refractivity contribution >= 4 is 23.8 Å². The van der Waals surface area contributed by atoms with Crippen LogP contribution in [0, 0.1) is 5.41 Å². The Morgan fingerprint density at radius 1 is 1.37 bits per heavy atom. The maximum absolute atomic E-state index is 12.4. The molecule has 2 fully saturated rings. The number of amides is 2. The van der Waals surface area contributed by atoms with Gasteiger partial charge in [-0.15, -0.1) is 0 Å². The molecule has 19 heavy (non-hydrogen) atoms. The number of hydrogen-bond acceptors (Lipinski definition) is 3. The minimum absolute atomic E-state index is 0.0173. The van der Waals surface area contributed by atoms with Crippen molar-refractivity contribution in [2.45, 2.75) is 31.9 Å². The summed E-state index contributed by atoms with van der Waals surface area (Å²) in [6, 6.07) is 0.0173. The largest absolute Gasteiger partial charge is 0.481 e. The third kappa shape index (κ3) is 2.99. The average molecular weight is 286 g/mol. The van der Waals surface area contributed by atoms with Gasteiger partial charge in [0.1, 0.15) is 0 Å². The molecule has 1 N–H and O–H groups in total. The molecular formula is C13H22N2O3S. The molecule has 0 aromatic rings. The number of carbonyl (C=O) groups is 2. The number of hydrogen-bond donors (Lipinski definition) is 1. The first-order chi connectivity index (χ1) is 8.96. The van der Waals surface area contributed by atoms with Crippen molar-refractivity contribution in [1.29, 1.82) is 0 Å². The second kappa shape index (κ2) is 5.61. The number of carbonyl (C=O) groups excluding carboxylic acids is 1. The third-order valence-electron chi connectivity index (χ3n) is 4.12. The van der Waals surface area contributed by atoms with Crippen LogP contribution in [0.25, 0.3) is 0 Å². The second-order valence-electron chi connectivity index (χ2n) is 5.67. The normalized spacial score (nSPS) is 31.6. The Labute approximate surface area is 118 Å². The summed E-state index contributed by atoms with van der Waals surface area (Å²) in [4.78, 5) is 27.2. The number of rotatable bonds is 2. The highest BCUT2D eigenvalue weighted by molar-refractivity contribution is 8.00. The summed E-state index contributed by atoms with van der Waals surface area (Å²) < 4.78 is 0. The minimum atomic E-state index is -0.802. The zero-order valence-corrected chi connectivity index (χ0v) is 12.4. The Morgan fingerprint density at radius 3 is 2.68 bits per heavy atom. The Balaban J connectivity index is 1.96. The van der Waals surface area contributed by atoms with E-state index in [4.69, 9.17) is 0 Å². The number of urea groups is 1. The van der Waals surface area contributed by atoms with Crippen LogP contribution in [0.3, 0.4) is 0 Å². The summed E-state index contributed by atoms with van der Waals surface area (Å²) in [5.41, 5.74) is -0.773. The first-order valence-corrected chi connectivity index (χ1v) is 7.90. The molecule has 6 heteroatoms. The predicted octanol–water partition coefficient (Wildman–Crippen LogP) is 1.73. The molecule has 2 aliphatic heterocycles. The molecule has 2 amide bonds. The summed E-state index contributed by atoms with van der Waals surface area (Å²) in [5, 5.41) is 9.73. The SMILES string of the molecule is CCC1CN(C(=O)N2CCC(C)(C(=O)O)C2)CCS1. The molecule has 2 aliphatic rings. The van der Waals surface area contributed by atoms with Gasteiger partial charge in [0.25, 0.3) is 0 Å². The van der Waals surface area contributed by atoms with Crippen molar-refractivity contribution in [3.8, 4) is 0 Å². The first kappa shape index (κ1) is 14.5. The Morgan fingerprint density at radius 2 is 2.11 bits per heavy atom. The van der Waals surface area contributed by atoms with Gasteiger partial charge in [0.15, 0.2) is 0 Å². The number of nitrogens with zero attached hydrogens (tertiary/aromatic N) is 2. The van der Waals surface area contributed by atoms with Crippen molar-refractivity contribution in [2.75, 3.05) is 31.9 Å². The maximum atomic E-state index is 12.4. The summed E-state index contributed by atoms with van der Waals surface area (Å²) >= 11 is 1.93. The van der Waals surface area contributed by atoms with Gasteiger partial charge in [0, 0.05) is 37.2 Å². The van der Waals surface area contributed by atoms with Crippen molar-refractivity contribution < 1.29 is 14.7 Å². The summed E-state index contributed by atoms with van der Waals surface area (Å²) in [6.07, 6.45) is 1.62. The van der Waals surface area contributed by atoms with E-state index >= 15 is 0 Å². The second-order valence-corrected chi connectivity index (χ2v) is 7.08. The minimum Gasteiger partial charge on any atom is -0.481 e. The average Bonchev–Trinajstić information content (AvgIpc) is 2.82. The molecule has 0 aliphatic carbocycles. The van der Waals surface area contributed by atoms with Crippen LogP contribution in [0.1, 0.15) is 26.7 Å². The lowest BCUT2D eigenvalue weighted by molar-refractivity contribution is -0.147. The highest BCUT2D eigenvalue weighted by Gasteiger charge is 2.43. The molecule has 0 aromatic carbocycles.